The van der Waals surface area contributed by atoms with Crippen LogP contribution in [-0.4, -0.2) is 37.1 Å². The van der Waals surface area contributed by atoms with E-state index in [0.717, 1.165) is 23.2 Å². The predicted octanol–water partition coefficient (Wildman–Crippen LogP) is 1.82. The summed E-state index contributed by atoms with van der Waals surface area (Å²) in [6.45, 7) is 1.96. The smallest absolute Gasteiger partial charge is 0.0538 e. The molecule has 0 amide bonds. The molecule has 0 aliphatic carbocycles. The minimum atomic E-state index is 0.936. The number of halogens is 1. The fraction of sp³-hybridized carbons (Fsp3) is 0.444. The van der Waals surface area contributed by atoms with E-state index < -0.39 is 0 Å². The summed E-state index contributed by atoms with van der Waals surface area (Å²) in [5.41, 5.74) is 1.05. The van der Waals surface area contributed by atoms with Gasteiger partial charge in [-0.1, -0.05) is 0 Å². The third kappa shape index (κ3) is 4.24. The summed E-state index contributed by atoms with van der Waals surface area (Å²) in [6, 6.07) is 2.02. The molecule has 0 spiro atoms. The van der Waals surface area contributed by atoms with E-state index in [2.05, 4.69) is 45.2 Å². The minimum absolute atomic E-state index is 0.936. The number of nitrogens with one attached hydrogen (secondary N) is 1. The molecular formula is C9H14BrN3. The van der Waals surface area contributed by atoms with E-state index in [9.17, 15) is 0 Å². The molecule has 0 unspecified atom stereocenters. The second-order valence-corrected chi connectivity index (χ2v) is 4.04. The molecule has 72 valence electrons. The largest absolute Gasteiger partial charge is 0.382 e. The number of likely N-dealkylation sites (N-methyl/N-ethyl adjacent to an activating group) is 1. The standard InChI is InChI=1S/C9H14BrN3/c1-13(2)4-3-12-9-5-8(10)6-11-7-9/h5-7,12H,3-4H2,1-2H3. The normalized spacial score (nSPS) is 10.5. The SMILES string of the molecule is CN(C)CCNc1cncc(Br)c1. The molecule has 1 heterocycles. The zero-order valence-corrected chi connectivity index (χ0v) is 9.50. The Hall–Kier alpha value is -0.610. The van der Waals surface area contributed by atoms with Gasteiger partial charge in [-0.3, -0.25) is 4.98 Å². The van der Waals surface area contributed by atoms with Gasteiger partial charge >= 0.3 is 0 Å². The number of pyridine rings is 1. The quantitative estimate of drug-likeness (QED) is 0.875. The Kier molecular flexibility index (Phi) is 4.18. The van der Waals surface area contributed by atoms with Crippen molar-refractivity contribution >= 4 is 21.6 Å². The van der Waals surface area contributed by atoms with Gasteiger partial charge in [0.2, 0.25) is 0 Å². The lowest BCUT2D eigenvalue weighted by Gasteiger charge is -2.10. The fourth-order valence-electron chi connectivity index (χ4n) is 0.932. The zero-order chi connectivity index (χ0) is 9.68. The molecular weight excluding hydrogens is 230 g/mol. The first-order chi connectivity index (χ1) is 6.18. The fourth-order valence-corrected chi connectivity index (χ4v) is 1.30. The summed E-state index contributed by atoms with van der Waals surface area (Å²) in [6.07, 6.45) is 3.59. The average molecular weight is 244 g/mol. The van der Waals surface area contributed by atoms with Crippen LogP contribution in [0, 0.1) is 0 Å². The van der Waals surface area contributed by atoms with Gasteiger partial charge in [-0.15, -0.1) is 0 Å². The Morgan fingerprint density at radius 1 is 1.46 bits per heavy atom. The van der Waals surface area contributed by atoms with E-state index in [1.807, 2.05) is 12.3 Å². The van der Waals surface area contributed by atoms with Gasteiger partial charge in [-0.2, -0.15) is 0 Å². The van der Waals surface area contributed by atoms with Crippen LogP contribution in [-0.2, 0) is 0 Å². The van der Waals surface area contributed by atoms with Gasteiger partial charge in [0.25, 0.3) is 0 Å². The Balaban J connectivity index is 2.37. The molecule has 0 saturated heterocycles. The van der Waals surface area contributed by atoms with Crippen LogP contribution in [0.15, 0.2) is 22.9 Å². The number of aromatic nitrogens is 1. The maximum absolute atomic E-state index is 4.06. The summed E-state index contributed by atoms with van der Waals surface area (Å²) in [4.78, 5) is 6.20. The monoisotopic (exact) mass is 243 g/mol. The van der Waals surface area contributed by atoms with Gasteiger partial charge in [0.05, 0.1) is 11.9 Å². The van der Waals surface area contributed by atoms with Crippen molar-refractivity contribution in [3.05, 3.63) is 22.9 Å². The van der Waals surface area contributed by atoms with Gasteiger partial charge in [-0.05, 0) is 36.1 Å². The molecule has 13 heavy (non-hydrogen) atoms. The molecule has 0 saturated carbocycles. The van der Waals surface area contributed by atoms with Gasteiger partial charge < -0.3 is 10.2 Å². The van der Waals surface area contributed by atoms with Crippen LogP contribution >= 0.6 is 15.9 Å². The second-order valence-electron chi connectivity index (χ2n) is 3.12. The molecule has 0 aromatic carbocycles. The van der Waals surface area contributed by atoms with E-state index in [1.165, 1.54) is 0 Å². The van der Waals surface area contributed by atoms with Crippen LogP contribution in [0.2, 0.25) is 0 Å². The zero-order valence-electron chi connectivity index (χ0n) is 7.92. The highest BCUT2D eigenvalue weighted by molar-refractivity contribution is 9.10. The summed E-state index contributed by atoms with van der Waals surface area (Å²) in [5.74, 6) is 0. The van der Waals surface area contributed by atoms with Crippen molar-refractivity contribution in [3.8, 4) is 0 Å². The first-order valence-electron chi connectivity index (χ1n) is 4.17. The maximum Gasteiger partial charge on any atom is 0.0538 e. The van der Waals surface area contributed by atoms with Crippen LogP contribution in [0.5, 0.6) is 0 Å². The van der Waals surface area contributed by atoms with Crippen molar-refractivity contribution in [3.63, 3.8) is 0 Å². The summed E-state index contributed by atoms with van der Waals surface area (Å²) in [5, 5.41) is 3.28. The molecule has 1 rings (SSSR count). The first-order valence-corrected chi connectivity index (χ1v) is 4.97. The highest BCUT2D eigenvalue weighted by Gasteiger charge is 1.93. The lowest BCUT2D eigenvalue weighted by molar-refractivity contribution is 0.425. The van der Waals surface area contributed by atoms with Gasteiger partial charge in [0.15, 0.2) is 0 Å². The van der Waals surface area contributed by atoms with Crippen LogP contribution in [0.25, 0.3) is 0 Å². The van der Waals surface area contributed by atoms with Crippen molar-refractivity contribution in [2.45, 2.75) is 0 Å². The molecule has 3 nitrogen and oxygen atoms in total. The molecule has 1 N–H and O–H groups in total. The molecule has 0 aliphatic rings. The Morgan fingerprint density at radius 3 is 2.85 bits per heavy atom. The van der Waals surface area contributed by atoms with Gasteiger partial charge in [0, 0.05) is 23.8 Å². The third-order valence-corrected chi connectivity index (χ3v) is 2.03. The first kappa shape index (κ1) is 10.5. The second kappa shape index (κ2) is 5.19. The van der Waals surface area contributed by atoms with E-state index in [0.29, 0.717) is 0 Å². The number of anilines is 1. The van der Waals surface area contributed by atoms with E-state index in [-0.39, 0.29) is 0 Å². The van der Waals surface area contributed by atoms with Crippen LogP contribution < -0.4 is 5.32 Å². The number of hydrogen-bond acceptors (Lipinski definition) is 3. The van der Waals surface area contributed by atoms with Crippen molar-refractivity contribution in [2.24, 2.45) is 0 Å². The van der Waals surface area contributed by atoms with Crippen LogP contribution in [0.3, 0.4) is 0 Å². The molecule has 4 heteroatoms. The van der Waals surface area contributed by atoms with E-state index >= 15 is 0 Å². The maximum atomic E-state index is 4.06. The van der Waals surface area contributed by atoms with Crippen molar-refractivity contribution < 1.29 is 0 Å². The molecule has 1 aromatic rings. The third-order valence-electron chi connectivity index (χ3n) is 1.59. The number of nitrogens with zero attached hydrogens (tertiary/aromatic N) is 2. The molecule has 0 fully saturated rings. The molecule has 0 atom stereocenters. The number of hydrogen-bond donors (Lipinski definition) is 1. The van der Waals surface area contributed by atoms with Crippen molar-refractivity contribution in [2.75, 3.05) is 32.5 Å². The molecule has 0 bridgehead atoms. The predicted molar refractivity (Wildman–Crippen MR) is 59.0 cm³/mol. The summed E-state index contributed by atoms with van der Waals surface area (Å²) < 4.78 is 1.00. The lowest BCUT2D eigenvalue weighted by atomic mass is 10.4. The topological polar surface area (TPSA) is 28.2 Å². The van der Waals surface area contributed by atoms with E-state index in [1.54, 1.807) is 6.20 Å². The Morgan fingerprint density at radius 2 is 2.23 bits per heavy atom. The summed E-state index contributed by atoms with van der Waals surface area (Å²) in [7, 11) is 4.11. The lowest BCUT2D eigenvalue weighted by Crippen LogP contribution is -2.20. The van der Waals surface area contributed by atoms with E-state index in [4.69, 9.17) is 0 Å². The molecule has 0 aliphatic heterocycles. The average Bonchev–Trinajstić information content (AvgIpc) is 2.03. The van der Waals surface area contributed by atoms with Gasteiger partial charge in [0.1, 0.15) is 0 Å². The number of rotatable bonds is 4. The summed E-state index contributed by atoms with van der Waals surface area (Å²) >= 11 is 3.37. The van der Waals surface area contributed by atoms with Crippen LogP contribution in [0.1, 0.15) is 0 Å². The van der Waals surface area contributed by atoms with Crippen molar-refractivity contribution in [1.82, 2.24) is 9.88 Å². The Bertz CT molecular complexity index is 263. The Labute approximate surface area is 87.3 Å². The van der Waals surface area contributed by atoms with Gasteiger partial charge in [-0.25, -0.2) is 0 Å². The van der Waals surface area contributed by atoms with Crippen molar-refractivity contribution in [1.29, 1.82) is 0 Å². The van der Waals surface area contributed by atoms with Crippen LogP contribution in [0.4, 0.5) is 5.69 Å². The highest BCUT2D eigenvalue weighted by Crippen LogP contribution is 2.12. The highest BCUT2D eigenvalue weighted by atomic mass is 79.9. The molecule has 1 aromatic heterocycles. The minimum Gasteiger partial charge on any atom is -0.382 e. The molecule has 0 radical (unpaired) electrons.